The second kappa shape index (κ2) is 12.7. The van der Waals surface area contributed by atoms with Crippen molar-refractivity contribution in [1.82, 2.24) is 9.13 Å². The summed E-state index contributed by atoms with van der Waals surface area (Å²) in [5.74, 6) is 0. The van der Waals surface area contributed by atoms with Gasteiger partial charge in [-0.05, 0) is 97.7 Å². The number of para-hydroxylation sites is 2. The van der Waals surface area contributed by atoms with Gasteiger partial charge in [-0.2, -0.15) is 0 Å². The van der Waals surface area contributed by atoms with E-state index in [1.807, 2.05) is 0 Å². The Bertz CT molecular complexity index is 3420. The van der Waals surface area contributed by atoms with E-state index < -0.39 is 0 Å². The first-order valence-corrected chi connectivity index (χ1v) is 20.6. The molecular weight excluding hydrogens is 701 g/mol. The molecule has 2 heterocycles. The molecule has 2 aromatic heterocycles. The molecule has 12 aromatic rings. The first-order chi connectivity index (χ1) is 28.7. The minimum Gasteiger partial charge on any atom is -0.340 e. The summed E-state index contributed by atoms with van der Waals surface area (Å²) < 4.78 is 4.98. The minimum atomic E-state index is 0.914. The summed E-state index contributed by atoms with van der Waals surface area (Å²) in [7, 11) is 0. The first kappa shape index (κ1) is 33.0. The van der Waals surface area contributed by atoms with Crippen LogP contribution >= 0.6 is 0 Å². The highest BCUT2D eigenvalue weighted by atomic mass is 15.0. The molecule has 0 saturated carbocycles. The van der Waals surface area contributed by atoms with Gasteiger partial charge in [-0.1, -0.05) is 164 Å². The van der Waals surface area contributed by atoms with E-state index in [4.69, 9.17) is 0 Å². The molecule has 10 aromatic carbocycles. The Labute approximate surface area is 336 Å². The summed E-state index contributed by atoms with van der Waals surface area (Å²) in [6.07, 6.45) is 0. The van der Waals surface area contributed by atoms with E-state index in [-0.39, 0.29) is 0 Å². The number of fused-ring (bicyclic) bond motifs is 12. The molecule has 0 radical (unpaired) electrons. The maximum atomic E-state index is 2.49. The van der Waals surface area contributed by atoms with Crippen LogP contribution in [0.4, 0.5) is 0 Å². The van der Waals surface area contributed by atoms with Crippen molar-refractivity contribution in [2.75, 3.05) is 0 Å². The van der Waals surface area contributed by atoms with Gasteiger partial charge in [0.05, 0.1) is 11.0 Å². The number of nitrogens with zero attached hydrogens (tertiary/aromatic N) is 2. The van der Waals surface area contributed by atoms with Gasteiger partial charge in [0.2, 0.25) is 0 Å². The molecule has 0 amide bonds. The third kappa shape index (κ3) is 4.54. The predicted molar refractivity (Wildman–Crippen MR) is 250 cm³/mol. The second-order valence-electron chi connectivity index (χ2n) is 15.7. The fourth-order valence-electron chi connectivity index (χ4n) is 10.5. The summed E-state index contributed by atoms with van der Waals surface area (Å²) in [4.78, 5) is 0. The predicted octanol–water partition coefficient (Wildman–Crippen LogP) is 15.6. The summed E-state index contributed by atoms with van der Waals surface area (Å²) in [6.45, 7) is 6.35. The average Bonchev–Trinajstić information content (AvgIpc) is 3.80. The number of aryl methyl sites for hydroxylation is 2. The summed E-state index contributed by atoms with van der Waals surface area (Å²) in [6, 6.07) is 68.2. The Kier molecular flexibility index (Phi) is 7.22. The maximum absolute atomic E-state index is 2.49. The second-order valence-corrected chi connectivity index (χ2v) is 15.7. The third-order valence-corrected chi connectivity index (χ3v) is 12.9. The number of benzene rings is 10. The van der Waals surface area contributed by atoms with E-state index >= 15 is 0 Å². The van der Waals surface area contributed by atoms with E-state index in [2.05, 4.69) is 205 Å². The van der Waals surface area contributed by atoms with Crippen LogP contribution in [0.3, 0.4) is 0 Å². The standard InChI is InChI=1S/C56H40N2/c1-3-57-52-28-10-8-18-42(52)48-32-30-40-36(20-14-26-46(40)55(48)57)38-22-12-24-44-50(38)34-51-39(23-13-25-45(51)54(44)35-16-6-5-7-17-35)37-21-15-27-47-41(37)31-33-49-43-19-9-11-29-53(43)58(4-2)56(47)49/h5-34H,3-4H2,1-2H3. The lowest BCUT2D eigenvalue weighted by Crippen LogP contribution is -1.95. The van der Waals surface area contributed by atoms with Crippen LogP contribution in [0.15, 0.2) is 182 Å². The van der Waals surface area contributed by atoms with E-state index in [1.165, 1.54) is 120 Å². The van der Waals surface area contributed by atoms with Crippen LogP contribution in [0.2, 0.25) is 0 Å². The number of rotatable bonds is 5. The zero-order valence-electron chi connectivity index (χ0n) is 32.6. The summed E-state index contributed by atoms with van der Waals surface area (Å²) in [5, 5.41) is 15.4. The van der Waals surface area contributed by atoms with Gasteiger partial charge in [-0.3, -0.25) is 0 Å². The Hall–Kier alpha value is -7.16. The molecule has 2 nitrogen and oxygen atoms in total. The molecule has 0 unspecified atom stereocenters. The van der Waals surface area contributed by atoms with Crippen LogP contribution in [0.25, 0.3) is 120 Å². The van der Waals surface area contributed by atoms with E-state index in [0.29, 0.717) is 0 Å². The Morgan fingerprint density at radius 2 is 0.655 bits per heavy atom. The molecule has 0 bridgehead atoms. The molecule has 0 aliphatic carbocycles. The van der Waals surface area contributed by atoms with Gasteiger partial charge in [-0.15, -0.1) is 0 Å². The van der Waals surface area contributed by atoms with Crippen molar-refractivity contribution in [2.45, 2.75) is 26.9 Å². The van der Waals surface area contributed by atoms with Crippen LogP contribution in [0, 0.1) is 0 Å². The van der Waals surface area contributed by atoms with Gasteiger partial charge in [-0.25, -0.2) is 0 Å². The number of hydrogen-bond acceptors (Lipinski definition) is 0. The van der Waals surface area contributed by atoms with Crippen LogP contribution in [0.1, 0.15) is 13.8 Å². The fourth-order valence-corrected chi connectivity index (χ4v) is 10.5. The SMILES string of the molecule is CCn1c2ccccc2c2ccc3c(-c4cccc5c(-c6ccccc6)c6cccc(-c7cccc8c7ccc7c9ccccc9n(CC)c87)c6cc45)cccc3c21. The third-order valence-electron chi connectivity index (χ3n) is 12.9. The molecule has 58 heavy (non-hydrogen) atoms. The van der Waals surface area contributed by atoms with Crippen molar-refractivity contribution >= 4 is 86.7 Å². The maximum Gasteiger partial charge on any atom is 0.0571 e. The van der Waals surface area contributed by atoms with Gasteiger partial charge in [0, 0.05) is 56.4 Å². The molecule has 12 rings (SSSR count). The lowest BCUT2D eigenvalue weighted by atomic mass is 9.85. The van der Waals surface area contributed by atoms with Crippen molar-refractivity contribution in [3.05, 3.63) is 182 Å². The topological polar surface area (TPSA) is 9.86 Å². The zero-order chi connectivity index (χ0) is 38.5. The van der Waals surface area contributed by atoms with E-state index in [9.17, 15) is 0 Å². The lowest BCUT2D eigenvalue weighted by Gasteiger charge is -2.19. The van der Waals surface area contributed by atoms with Gasteiger partial charge < -0.3 is 9.13 Å². The van der Waals surface area contributed by atoms with Crippen molar-refractivity contribution in [1.29, 1.82) is 0 Å². The minimum absolute atomic E-state index is 0.914. The highest BCUT2D eigenvalue weighted by Gasteiger charge is 2.20. The Balaban J connectivity index is 1.18. The number of aromatic nitrogens is 2. The molecule has 0 saturated heterocycles. The van der Waals surface area contributed by atoms with Crippen LogP contribution in [-0.2, 0) is 13.1 Å². The van der Waals surface area contributed by atoms with E-state index in [0.717, 1.165) is 13.1 Å². The Morgan fingerprint density at radius 1 is 0.293 bits per heavy atom. The smallest absolute Gasteiger partial charge is 0.0571 e. The monoisotopic (exact) mass is 740 g/mol. The molecule has 0 spiro atoms. The van der Waals surface area contributed by atoms with E-state index in [1.54, 1.807) is 0 Å². The molecule has 0 aliphatic heterocycles. The molecule has 2 heteroatoms. The van der Waals surface area contributed by atoms with Crippen molar-refractivity contribution < 1.29 is 0 Å². The van der Waals surface area contributed by atoms with Crippen molar-refractivity contribution in [2.24, 2.45) is 0 Å². The normalized spacial score (nSPS) is 12.1. The van der Waals surface area contributed by atoms with Crippen molar-refractivity contribution in [3.8, 4) is 33.4 Å². The van der Waals surface area contributed by atoms with Crippen molar-refractivity contribution in [3.63, 3.8) is 0 Å². The fraction of sp³-hybridized carbons (Fsp3) is 0.0714. The Morgan fingerprint density at radius 3 is 1.12 bits per heavy atom. The molecular formula is C56H40N2. The molecule has 0 atom stereocenters. The molecule has 0 N–H and O–H groups in total. The molecule has 0 fully saturated rings. The van der Waals surface area contributed by atoms with Gasteiger partial charge in [0.15, 0.2) is 0 Å². The highest BCUT2D eigenvalue weighted by molar-refractivity contribution is 6.25. The number of hydrogen-bond donors (Lipinski definition) is 0. The van der Waals surface area contributed by atoms with Crippen LogP contribution < -0.4 is 0 Å². The van der Waals surface area contributed by atoms with Crippen LogP contribution in [0.5, 0.6) is 0 Å². The quantitative estimate of drug-likeness (QED) is 0.156. The summed E-state index contributed by atoms with van der Waals surface area (Å²) in [5.41, 5.74) is 12.7. The first-order valence-electron chi connectivity index (χ1n) is 20.6. The average molecular weight is 741 g/mol. The highest BCUT2D eigenvalue weighted by Crippen LogP contribution is 2.46. The lowest BCUT2D eigenvalue weighted by molar-refractivity contribution is 0.829. The molecule has 0 aliphatic rings. The van der Waals surface area contributed by atoms with Crippen LogP contribution in [-0.4, -0.2) is 9.13 Å². The largest absolute Gasteiger partial charge is 0.340 e. The zero-order valence-corrected chi connectivity index (χ0v) is 32.6. The van der Waals surface area contributed by atoms with Gasteiger partial charge in [0.1, 0.15) is 0 Å². The van der Waals surface area contributed by atoms with Gasteiger partial charge >= 0.3 is 0 Å². The van der Waals surface area contributed by atoms with Gasteiger partial charge in [0.25, 0.3) is 0 Å². The molecule has 274 valence electrons. The summed E-state index contributed by atoms with van der Waals surface area (Å²) >= 11 is 0.